The third kappa shape index (κ3) is 3.16. The number of amides is 1. The molecule has 0 aliphatic carbocycles. The molecule has 0 aliphatic heterocycles. The maximum atomic E-state index is 12.3. The van der Waals surface area contributed by atoms with Crippen molar-refractivity contribution in [3.63, 3.8) is 0 Å². The Kier molecular flexibility index (Phi) is 3.93. The molecule has 2 heterocycles. The quantitative estimate of drug-likeness (QED) is 0.575. The molecule has 132 valence electrons. The Hall–Kier alpha value is -2.85. The van der Waals surface area contributed by atoms with Crippen LogP contribution in [0.4, 0.5) is 5.13 Å². The summed E-state index contributed by atoms with van der Waals surface area (Å²) in [5, 5.41) is 11.1. The monoisotopic (exact) mass is 387 g/mol. The van der Waals surface area contributed by atoms with Crippen molar-refractivity contribution in [2.24, 2.45) is 0 Å². The first-order chi connectivity index (χ1) is 12.4. The molecule has 0 unspecified atom stereocenters. The van der Waals surface area contributed by atoms with E-state index in [2.05, 4.69) is 20.6 Å². The molecule has 0 saturated carbocycles. The predicted molar refractivity (Wildman–Crippen MR) is 98.9 cm³/mol. The van der Waals surface area contributed by atoms with Crippen molar-refractivity contribution in [3.05, 3.63) is 42.5 Å². The minimum absolute atomic E-state index is 0.00499. The number of nitrogens with one attached hydrogen (secondary N) is 1. The molecule has 26 heavy (non-hydrogen) atoms. The van der Waals surface area contributed by atoms with Crippen molar-refractivity contribution in [1.29, 1.82) is 0 Å². The van der Waals surface area contributed by atoms with Crippen LogP contribution in [-0.2, 0) is 21.2 Å². The second-order valence-electron chi connectivity index (χ2n) is 5.70. The summed E-state index contributed by atoms with van der Waals surface area (Å²) in [7, 11) is -3.29. The van der Waals surface area contributed by atoms with Crippen molar-refractivity contribution in [1.82, 2.24) is 20.0 Å². The van der Waals surface area contributed by atoms with Gasteiger partial charge < -0.3 is 5.32 Å². The zero-order chi connectivity index (χ0) is 18.3. The van der Waals surface area contributed by atoms with Crippen LogP contribution in [0.2, 0.25) is 0 Å². The second-order valence-corrected chi connectivity index (χ2v) is 8.75. The highest BCUT2D eigenvalue weighted by atomic mass is 32.2. The molecule has 2 aromatic heterocycles. The standard InChI is InChI=1S/C16H13N5O3S2/c1-26(23,24)10-6-7-12-14(8-10)25-16(17-12)18-15(22)9-21-13-5-3-2-4-11(13)19-20-21/h2-8H,9H2,1H3,(H,17,18,22). The highest BCUT2D eigenvalue weighted by molar-refractivity contribution is 7.90. The number of rotatable bonds is 4. The smallest absolute Gasteiger partial charge is 0.247 e. The van der Waals surface area contributed by atoms with Crippen molar-refractivity contribution in [2.75, 3.05) is 11.6 Å². The van der Waals surface area contributed by atoms with Gasteiger partial charge in [0.05, 0.1) is 20.6 Å². The minimum atomic E-state index is -3.29. The van der Waals surface area contributed by atoms with Crippen molar-refractivity contribution in [3.8, 4) is 0 Å². The molecule has 0 fully saturated rings. The van der Waals surface area contributed by atoms with E-state index in [1.54, 1.807) is 12.1 Å². The molecule has 8 nitrogen and oxygen atoms in total. The number of thiazole rings is 1. The Morgan fingerprint density at radius 1 is 1.19 bits per heavy atom. The van der Waals surface area contributed by atoms with Crippen molar-refractivity contribution < 1.29 is 13.2 Å². The summed E-state index contributed by atoms with van der Waals surface area (Å²) in [5.74, 6) is -0.289. The average Bonchev–Trinajstić information content (AvgIpc) is 3.17. The van der Waals surface area contributed by atoms with E-state index in [0.29, 0.717) is 20.9 Å². The van der Waals surface area contributed by atoms with E-state index in [4.69, 9.17) is 0 Å². The third-order valence-corrected chi connectivity index (χ3v) is 5.79. The molecule has 0 atom stereocenters. The van der Waals surface area contributed by atoms with Crippen molar-refractivity contribution >= 4 is 53.5 Å². The third-order valence-electron chi connectivity index (χ3n) is 3.75. The Morgan fingerprint density at radius 3 is 2.81 bits per heavy atom. The van der Waals surface area contributed by atoms with Crippen LogP contribution in [0.15, 0.2) is 47.4 Å². The fourth-order valence-corrected chi connectivity index (χ4v) is 4.16. The number of fused-ring (bicyclic) bond motifs is 2. The van der Waals surface area contributed by atoms with Gasteiger partial charge in [0, 0.05) is 6.26 Å². The van der Waals surface area contributed by atoms with Gasteiger partial charge in [-0.25, -0.2) is 18.1 Å². The molecule has 10 heteroatoms. The summed E-state index contributed by atoms with van der Waals surface area (Å²) in [6, 6.07) is 12.1. The zero-order valence-corrected chi connectivity index (χ0v) is 15.2. The molecule has 0 saturated heterocycles. The van der Waals surface area contributed by atoms with E-state index in [0.717, 1.165) is 11.8 Å². The number of carbonyl (C=O) groups excluding carboxylic acids is 1. The Balaban J connectivity index is 1.56. The van der Waals surface area contributed by atoms with Gasteiger partial charge in [-0.1, -0.05) is 28.7 Å². The lowest BCUT2D eigenvalue weighted by Gasteiger charge is -2.02. The second kappa shape index (κ2) is 6.15. The Bertz CT molecular complexity index is 1240. The minimum Gasteiger partial charge on any atom is -0.300 e. The van der Waals surface area contributed by atoms with E-state index in [1.807, 2.05) is 24.3 Å². The topological polar surface area (TPSA) is 107 Å². The number of carbonyl (C=O) groups is 1. The Labute approximate surface area is 152 Å². The van der Waals surface area contributed by atoms with Gasteiger partial charge in [-0.2, -0.15) is 0 Å². The summed E-state index contributed by atoms with van der Waals surface area (Å²) >= 11 is 1.22. The van der Waals surface area contributed by atoms with Crippen LogP contribution in [0, 0.1) is 0 Å². The van der Waals surface area contributed by atoms with Gasteiger partial charge >= 0.3 is 0 Å². The summed E-state index contributed by atoms with van der Waals surface area (Å²) in [6.45, 7) is 0.00499. The van der Waals surface area contributed by atoms with E-state index >= 15 is 0 Å². The average molecular weight is 387 g/mol. The molecule has 4 aromatic rings. The van der Waals surface area contributed by atoms with Gasteiger partial charge in [0.25, 0.3) is 0 Å². The molecular formula is C16H13N5O3S2. The van der Waals surface area contributed by atoms with E-state index in [9.17, 15) is 13.2 Å². The number of anilines is 1. The van der Waals surface area contributed by atoms with Crippen LogP contribution in [-0.4, -0.2) is 40.6 Å². The molecule has 0 spiro atoms. The number of hydrogen-bond acceptors (Lipinski definition) is 7. The van der Waals surface area contributed by atoms with E-state index in [-0.39, 0.29) is 17.3 Å². The number of hydrogen-bond donors (Lipinski definition) is 1. The van der Waals surface area contributed by atoms with Gasteiger partial charge in [0.1, 0.15) is 12.1 Å². The molecule has 0 radical (unpaired) electrons. The SMILES string of the molecule is CS(=O)(=O)c1ccc2nc(NC(=O)Cn3nnc4ccccc43)sc2c1. The van der Waals surface area contributed by atoms with Crippen LogP contribution in [0.1, 0.15) is 0 Å². The van der Waals surface area contributed by atoms with Gasteiger partial charge in [0.15, 0.2) is 15.0 Å². The highest BCUT2D eigenvalue weighted by Crippen LogP contribution is 2.28. The number of aromatic nitrogens is 4. The fourth-order valence-electron chi connectivity index (χ4n) is 2.52. The Morgan fingerprint density at radius 2 is 2.00 bits per heavy atom. The molecule has 1 amide bonds. The molecule has 1 N–H and O–H groups in total. The molecule has 4 rings (SSSR count). The lowest BCUT2D eigenvalue weighted by Crippen LogP contribution is -2.19. The molecule has 2 aromatic carbocycles. The first-order valence-corrected chi connectivity index (χ1v) is 10.3. The fraction of sp³-hybridized carbons (Fsp3) is 0.125. The largest absolute Gasteiger partial charge is 0.300 e. The lowest BCUT2D eigenvalue weighted by atomic mass is 10.3. The van der Waals surface area contributed by atoms with Gasteiger partial charge in [-0.3, -0.25) is 4.79 Å². The first kappa shape index (κ1) is 16.6. The normalized spacial score (nSPS) is 11.9. The summed E-state index contributed by atoms with van der Waals surface area (Å²) < 4.78 is 25.5. The van der Waals surface area contributed by atoms with Gasteiger partial charge in [0.2, 0.25) is 5.91 Å². The lowest BCUT2D eigenvalue weighted by molar-refractivity contribution is -0.116. The van der Waals surface area contributed by atoms with Gasteiger partial charge in [-0.15, -0.1) is 5.10 Å². The summed E-state index contributed by atoms with van der Waals surface area (Å²) in [5.41, 5.74) is 2.11. The molecule has 0 aliphatic rings. The number of sulfone groups is 1. The maximum Gasteiger partial charge on any atom is 0.247 e. The van der Waals surface area contributed by atoms with Crippen LogP contribution in [0.3, 0.4) is 0 Å². The number of nitrogens with zero attached hydrogens (tertiary/aromatic N) is 4. The summed E-state index contributed by atoms with van der Waals surface area (Å²) in [6.07, 6.45) is 1.15. The number of para-hydroxylation sites is 1. The first-order valence-electron chi connectivity index (χ1n) is 7.59. The van der Waals surface area contributed by atoms with E-state index in [1.165, 1.54) is 22.1 Å². The molecular weight excluding hydrogens is 374 g/mol. The zero-order valence-electron chi connectivity index (χ0n) is 13.6. The van der Waals surface area contributed by atoms with Crippen molar-refractivity contribution in [2.45, 2.75) is 11.4 Å². The van der Waals surface area contributed by atoms with Crippen LogP contribution < -0.4 is 5.32 Å². The summed E-state index contributed by atoms with van der Waals surface area (Å²) in [4.78, 5) is 16.8. The molecule has 0 bridgehead atoms. The predicted octanol–water partition coefficient (Wildman–Crippen LogP) is 2.08. The van der Waals surface area contributed by atoms with Crippen LogP contribution in [0.5, 0.6) is 0 Å². The number of benzene rings is 2. The highest BCUT2D eigenvalue weighted by Gasteiger charge is 2.13. The van der Waals surface area contributed by atoms with Gasteiger partial charge in [-0.05, 0) is 30.3 Å². The van der Waals surface area contributed by atoms with E-state index < -0.39 is 9.84 Å². The van der Waals surface area contributed by atoms with Crippen LogP contribution in [0.25, 0.3) is 21.3 Å². The maximum absolute atomic E-state index is 12.3. The van der Waals surface area contributed by atoms with Crippen LogP contribution >= 0.6 is 11.3 Å².